The summed E-state index contributed by atoms with van der Waals surface area (Å²) in [5.74, 6) is -1.44. The Kier molecular flexibility index (Phi) is 5.39. The Labute approximate surface area is 149 Å². The number of nitriles is 1. The van der Waals surface area contributed by atoms with Crippen molar-refractivity contribution in [3.8, 4) is 6.07 Å². The second-order valence-corrected chi connectivity index (χ2v) is 8.35. The van der Waals surface area contributed by atoms with Crippen LogP contribution >= 0.6 is 0 Å². The van der Waals surface area contributed by atoms with Crippen LogP contribution in [-0.2, 0) is 19.9 Å². The molecule has 2 rings (SSSR count). The molecule has 2 aromatic rings. The zero-order chi connectivity index (χ0) is 19.4. The van der Waals surface area contributed by atoms with Crippen molar-refractivity contribution in [2.75, 3.05) is 0 Å². The second kappa shape index (κ2) is 7.34. The summed E-state index contributed by atoms with van der Waals surface area (Å²) in [5, 5.41) is 20.5. The molecule has 0 aliphatic heterocycles. The molecule has 11 heteroatoms. The number of hydrogen-bond donors (Lipinski definition) is 1. The molecule has 0 heterocycles. The van der Waals surface area contributed by atoms with Crippen molar-refractivity contribution in [2.45, 2.75) is 9.79 Å². The van der Waals surface area contributed by atoms with E-state index in [0.717, 1.165) is 24.3 Å². The number of nitro groups is 1. The molecule has 0 amide bonds. The van der Waals surface area contributed by atoms with Crippen LogP contribution in [0, 0.1) is 21.4 Å². The van der Waals surface area contributed by atoms with E-state index in [1.54, 1.807) is 4.72 Å². The summed E-state index contributed by atoms with van der Waals surface area (Å²) in [7, 11) is -9.07. The Bertz CT molecular complexity index is 1100. The molecule has 0 bridgehead atoms. The van der Waals surface area contributed by atoms with E-state index in [1.165, 1.54) is 42.5 Å². The third-order valence-corrected chi connectivity index (χ3v) is 6.18. The summed E-state index contributed by atoms with van der Waals surface area (Å²) < 4.78 is 51.2. The van der Waals surface area contributed by atoms with Gasteiger partial charge in [-0.25, -0.2) is 8.42 Å². The summed E-state index contributed by atoms with van der Waals surface area (Å²) in [5.41, 5.74) is 0. The zero-order valence-corrected chi connectivity index (χ0v) is 14.6. The average molecular weight is 393 g/mol. The van der Waals surface area contributed by atoms with Crippen LogP contribution in [0.3, 0.4) is 0 Å². The summed E-state index contributed by atoms with van der Waals surface area (Å²) in [4.78, 5) is 8.01. The van der Waals surface area contributed by atoms with Crippen LogP contribution in [0.25, 0.3) is 0 Å². The van der Waals surface area contributed by atoms with Gasteiger partial charge in [-0.2, -0.15) is 18.4 Å². The fourth-order valence-electron chi connectivity index (χ4n) is 1.91. The predicted molar refractivity (Wildman–Crippen MR) is 90.0 cm³/mol. The van der Waals surface area contributed by atoms with E-state index < -0.39 is 35.5 Å². The molecule has 0 unspecified atom stereocenters. The minimum absolute atomic E-state index is 0.325. The number of benzene rings is 2. The first-order chi connectivity index (χ1) is 12.2. The second-order valence-electron chi connectivity index (χ2n) is 4.78. The van der Waals surface area contributed by atoms with Crippen molar-refractivity contribution < 1.29 is 21.8 Å². The highest BCUT2D eigenvalue weighted by Gasteiger charge is 2.34. The Morgan fingerprint density at radius 1 is 0.923 bits per heavy atom. The number of sulfonamides is 1. The molecule has 9 nitrogen and oxygen atoms in total. The number of nitrogens with one attached hydrogen (secondary N) is 1. The maximum absolute atomic E-state index is 12.5. The summed E-state index contributed by atoms with van der Waals surface area (Å²) in [6.45, 7) is 0. The third-order valence-electron chi connectivity index (χ3n) is 3.11. The van der Waals surface area contributed by atoms with E-state index in [0.29, 0.717) is 0 Å². The molecule has 1 N–H and O–H groups in total. The topological polar surface area (TPSA) is 147 Å². The molecule has 0 fully saturated rings. The zero-order valence-electron chi connectivity index (χ0n) is 12.9. The Morgan fingerprint density at radius 2 is 1.38 bits per heavy atom. The maximum atomic E-state index is 12.5. The van der Waals surface area contributed by atoms with Gasteiger partial charge in [0.25, 0.3) is 0 Å². The number of rotatable bonds is 6. The molecule has 0 aromatic heterocycles. The summed E-state index contributed by atoms with van der Waals surface area (Å²) in [6, 6.07) is 14.4. The molecule has 134 valence electrons. The van der Waals surface area contributed by atoms with Gasteiger partial charge in [-0.1, -0.05) is 36.4 Å². The number of sulfone groups is 1. The molecular weight excluding hydrogens is 382 g/mol. The number of nitrogens with zero attached hydrogens (tertiary/aromatic N) is 2. The van der Waals surface area contributed by atoms with Gasteiger partial charge in [-0.15, -0.1) is 0 Å². The molecule has 0 aliphatic carbocycles. The minimum atomic E-state index is -4.60. The van der Waals surface area contributed by atoms with Crippen LogP contribution in [0.5, 0.6) is 0 Å². The van der Waals surface area contributed by atoms with Crippen LogP contribution in [0.1, 0.15) is 0 Å². The molecule has 2 aromatic carbocycles. The Hall–Kier alpha value is -3.23. The first-order valence-electron chi connectivity index (χ1n) is 6.87. The van der Waals surface area contributed by atoms with Crippen LogP contribution in [0.2, 0.25) is 0 Å². The molecule has 0 saturated carbocycles. The molecule has 0 spiro atoms. The lowest BCUT2D eigenvalue weighted by molar-refractivity contribution is -0.429. The monoisotopic (exact) mass is 393 g/mol. The van der Waals surface area contributed by atoms with Crippen LogP contribution in [0.15, 0.2) is 81.2 Å². The van der Waals surface area contributed by atoms with Gasteiger partial charge in [0.05, 0.1) is 4.90 Å². The van der Waals surface area contributed by atoms with Crippen LogP contribution < -0.4 is 4.72 Å². The minimum Gasteiger partial charge on any atom is -0.358 e. The highest BCUT2D eigenvalue weighted by atomic mass is 32.2. The van der Waals surface area contributed by atoms with E-state index in [1.807, 2.05) is 0 Å². The lowest BCUT2D eigenvalue weighted by atomic mass is 10.4. The van der Waals surface area contributed by atoms with Gasteiger partial charge in [0.1, 0.15) is 11.0 Å². The maximum Gasteiger partial charge on any atom is 0.361 e. The van der Waals surface area contributed by atoms with Crippen molar-refractivity contribution in [3.05, 3.63) is 81.5 Å². The van der Waals surface area contributed by atoms with Crippen molar-refractivity contribution in [2.24, 2.45) is 0 Å². The SMILES string of the molecule is N#CC(=C(NS(=O)(=O)c1ccccc1)[N+](=O)[O-])S(=O)(=O)c1ccccc1. The quantitative estimate of drug-likeness (QED) is 0.443. The van der Waals surface area contributed by atoms with Gasteiger partial charge < -0.3 is 10.1 Å². The molecular formula is C15H11N3O6S2. The van der Waals surface area contributed by atoms with Gasteiger partial charge in [0.15, 0.2) is 0 Å². The summed E-state index contributed by atoms with van der Waals surface area (Å²) in [6.07, 6.45) is 0. The standard InChI is InChI=1S/C15H11N3O6S2/c16-11-14(25(21,22)12-7-3-1-4-8-12)15(18(19)20)17-26(23,24)13-9-5-2-6-10-13/h1-10,17H. The number of hydrogen-bond acceptors (Lipinski definition) is 7. The van der Waals surface area contributed by atoms with Gasteiger partial charge in [-0.3, -0.25) is 0 Å². The summed E-state index contributed by atoms with van der Waals surface area (Å²) >= 11 is 0. The van der Waals surface area contributed by atoms with Gasteiger partial charge in [0, 0.05) is 0 Å². The largest absolute Gasteiger partial charge is 0.361 e. The van der Waals surface area contributed by atoms with E-state index in [2.05, 4.69) is 0 Å². The van der Waals surface area contributed by atoms with Gasteiger partial charge in [0.2, 0.25) is 14.7 Å². The van der Waals surface area contributed by atoms with Gasteiger partial charge >= 0.3 is 15.8 Å². The fraction of sp³-hybridized carbons (Fsp3) is 0. The smallest absolute Gasteiger partial charge is 0.358 e. The molecule has 0 saturated heterocycles. The Morgan fingerprint density at radius 3 is 1.81 bits per heavy atom. The molecule has 0 aliphatic rings. The first-order valence-corrected chi connectivity index (χ1v) is 9.83. The van der Waals surface area contributed by atoms with Crippen LogP contribution in [-0.4, -0.2) is 21.8 Å². The average Bonchev–Trinajstić information content (AvgIpc) is 2.62. The molecule has 26 heavy (non-hydrogen) atoms. The lowest BCUT2D eigenvalue weighted by Gasteiger charge is -2.08. The molecule has 0 radical (unpaired) electrons. The van der Waals surface area contributed by atoms with Crippen molar-refractivity contribution >= 4 is 19.9 Å². The van der Waals surface area contributed by atoms with Crippen molar-refractivity contribution in [1.29, 1.82) is 5.26 Å². The predicted octanol–water partition coefficient (Wildman–Crippen LogP) is 1.41. The molecule has 0 atom stereocenters. The first kappa shape index (κ1) is 19.1. The highest BCUT2D eigenvalue weighted by Crippen LogP contribution is 2.22. The third kappa shape index (κ3) is 3.88. The van der Waals surface area contributed by atoms with E-state index >= 15 is 0 Å². The highest BCUT2D eigenvalue weighted by molar-refractivity contribution is 7.95. The lowest BCUT2D eigenvalue weighted by Crippen LogP contribution is -2.30. The van der Waals surface area contributed by atoms with Gasteiger partial charge in [-0.05, 0) is 29.2 Å². The van der Waals surface area contributed by atoms with Crippen LogP contribution in [0.4, 0.5) is 0 Å². The normalized spacial score (nSPS) is 12.6. The Balaban J connectivity index is 2.64. The van der Waals surface area contributed by atoms with E-state index in [9.17, 15) is 32.2 Å². The van der Waals surface area contributed by atoms with Crippen molar-refractivity contribution in [3.63, 3.8) is 0 Å². The fourth-order valence-corrected chi connectivity index (χ4v) is 4.29. The van der Waals surface area contributed by atoms with Crippen molar-refractivity contribution in [1.82, 2.24) is 4.72 Å². The van der Waals surface area contributed by atoms with E-state index in [4.69, 9.17) is 0 Å². The number of allylic oxidation sites excluding steroid dienone is 1. The van der Waals surface area contributed by atoms with E-state index in [-0.39, 0.29) is 9.79 Å².